The third-order valence-electron chi connectivity index (χ3n) is 11.4. The molecule has 0 aromatic heterocycles. The van der Waals surface area contributed by atoms with E-state index in [1.807, 2.05) is 0 Å². The van der Waals surface area contributed by atoms with Crippen molar-refractivity contribution in [1.29, 1.82) is 0 Å². The third kappa shape index (κ3) is 12.5. The van der Waals surface area contributed by atoms with Gasteiger partial charge in [-0.3, -0.25) is 4.79 Å². The number of Topliss-reactive ketones (excluding diaryl/α,β-unsaturated/α-hetero) is 1. The highest BCUT2D eigenvalue weighted by molar-refractivity contribution is 5.78. The molecule has 1 heteroatoms. The summed E-state index contributed by atoms with van der Waals surface area (Å²) >= 11 is 0. The SMILES string of the molecule is CCCCCC1CCC(c2ccc(CCCCC(=O)CCCCc3ccc(C4CCC(CCCCC)CC4)cc3)cc2)CC1. The van der Waals surface area contributed by atoms with Crippen molar-refractivity contribution in [1.82, 2.24) is 0 Å². The van der Waals surface area contributed by atoms with E-state index in [0.29, 0.717) is 5.78 Å². The molecule has 0 radical (unpaired) electrons. The summed E-state index contributed by atoms with van der Waals surface area (Å²) in [7, 11) is 0. The number of unbranched alkanes of at least 4 members (excludes halogenated alkanes) is 6. The van der Waals surface area contributed by atoms with Gasteiger partial charge in [-0.1, -0.05) is 114 Å². The van der Waals surface area contributed by atoms with Crippen LogP contribution in [-0.2, 0) is 17.6 Å². The number of benzene rings is 2. The van der Waals surface area contributed by atoms with E-state index in [4.69, 9.17) is 0 Å². The minimum absolute atomic E-state index is 0.464. The maximum absolute atomic E-state index is 12.5. The van der Waals surface area contributed by atoms with Crippen molar-refractivity contribution in [2.45, 2.75) is 180 Å². The molecule has 2 aliphatic rings. The minimum Gasteiger partial charge on any atom is -0.300 e. The first-order chi connectivity index (χ1) is 21.6. The molecule has 0 saturated heterocycles. The van der Waals surface area contributed by atoms with Crippen LogP contribution in [0.3, 0.4) is 0 Å². The van der Waals surface area contributed by atoms with Crippen LogP contribution in [0, 0.1) is 11.8 Å². The maximum atomic E-state index is 12.5. The van der Waals surface area contributed by atoms with Gasteiger partial charge in [0, 0.05) is 12.8 Å². The summed E-state index contributed by atoms with van der Waals surface area (Å²) in [5.74, 6) is 3.98. The Bertz CT molecular complexity index is 934. The number of hydrogen-bond acceptors (Lipinski definition) is 1. The first-order valence-corrected chi connectivity index (χ1v) is 19.3. The van der Waals surface area contributed by atoms with Gasteiger partial charge in [-0.05, 0) is 136 Å². The summed E-state index contributed by atoms with van der Waals surface area (Å²) in [4.78, 5) is 12.5. The van der Waals surface area contributed by atoms with Crippen LogP contribution in [0.15, 0.2) is 48.5 Å². The van der Waals surface area contributed by atoms with Gasteiger partial charge in [-0.15, -0.1) is 0 Å². The van der Waals surface area contributed by atoms with Gasteiger partial charge in [-0.25, -0.2) is 0 Å². The van der Waals surface area contributed by atoms with Crippen LogP contribution in [0.2, 0.25) is 0 Å². The van der Waals surface area contributed by atoms with E-state index in [-0.39, 0.29) is 0 Å². The highest BCUT2D eigenvalue weighted by Crippen LogP contribution is 2.39. The number of hydrogen-bond donors (Lipinski definition) is 0. The van der Waals surface area contributed by atoms with Gasteiger partial charge in [0.2, 0.25) is 0 Å². The number of ketones is 1. The fraction of sp³-hybridized carbons (Fsp3) is 0.698. The minimum atomic E-state index is 0.464. The predicted molar refractivity (Wildman–Crippen MR) is 191 cm³/mol. The molecule has 0 spiro atoms. The van der Waals surface area contributed by atoms with E-state index in [2.05, 4.69) is 62.4 Å². The molecule has 2 aromatic carbocycles. The summed E-state index contributed by atoms with van der Waals surface area (Å²) in [5.41, 5.74) is 6.00. The van der Waals surface area contributed by atoms with Crippen LogP contribution in [0.25, 0.3) is 0 Å². The second kappa shape index (κ2) is 20.3. The van der Waals surface area contributed by atoms with Crippen molar-refractivity contribution in [3.8, 4) is 0 Å². The monoisotopic (exact) mass is 599 g/mol. The molecule has 4 rings (SSSR count). The molecule has 0 unspecified atom stereocenters. The molecule has 0 N–H and O–H groups in total. The topological polar surface area (TPSA) is 17.1 Å². The van der Waals surface area contributed by atoms with E-state index < -0.39 is 0 Å². The second-order valence-electron chi connectivity index (χ2n) is 14.9. The smallest absolute Gasteiger partial charge is 0.132 e. The normalized spacial score (nSPS) is 22.2. The average Bonchev–Trinajstić information content (AvgIpc) is 3.07. The molecule has 0 heterocycles. The van der Waals surface area contributed by atoms with E-state index >= 15 is 0 Å². The first kappa shape index (κ1) is 35.0. The molecule has 0 bridgehead atoms. The van der Waals surface area contributed by atoms with Crippen LogP contribution < -0.4 is 0 Å². The fourth-order valence-corrected chi connectivity index (χ4v) is 8.28. The summed E-state index contributed by atoms with van der Waals surface area (Å²) in [5, 5.41) is 0. The number of aryl methyl sites for hydroxylation is 2. The highest BCUT2D eigenvalue weighted by Gasteiger charge is 2.23. The van der Waals surface area contributed by atoms with Crippen LogP contribution in [0.4, 0.5) is 0 Å². The number of carbonyl (C=O) groups excluding carboxylic acids is 1. The zero-order valence-corrected chi connectivity index (χ0v) is 28.8. The van der Waals surface area contributed by atoms with Gasteiger partial charge in [0.25, 0.3) is 0 Å². The second-order valence-corrected chi connectivity index (χ2v) is 14.9. The summed E-state index contributed by atoms with van der Waals surface area (Å²) in [6.07, 6.45) is 30.5. The Kier molecular flexibility index (Phi) is 16.1. The van der Waals surface area contributed by atoms with Crippen molar-refractivity contribution in [3.05, 3.63) is 70.8 Å². The molecule has 2 aromatic rings. The lowest BCUT2D eigenvalue weighted by molar-refractivity contribution is -0.119. The zero-order chi connectivity index (χ0) is 30.8. The Morgan fingerprint density at radius 2 is 0.886 bits per heavy atom. The van der Waals surface area contributed by atoms with Crippen LogP contribution >= 0.6 is 0 Å². The van der Waals surface area contributed by atoms with Gasteiger partial charge in [-0.2, -0.15) is 0 Å². The standard InChI is InChI=1S/C43H66O/c1-3-5-7-13-35-19-27-39(28-20-35)41-31-23-37(24-32-41)15-9-11-17-43(44)18-12-10-16-38-25-33-42(34-26-38)40-29-21-36(22-30-40)14-8-6-4-2/h23-26,31-36,39-40H,3-22,27-30H2,1-2H3. The highest BCUT2D eigenvalue weighted by atomic mass is 16.1. The lowest BCUT2D eigenvalue weighted by Crippen LogP contribution is -2.13. The number of carbonyl (C=O) groups is 1. The van der Waals surface area contributed by atoms with Crippen molar-refractivity contribution >= 4 is 5.78 Å². The molecular formula is C43H66O. The van der Waals surface area contributed by atoms with Gasteiger partial charge in [0.05, 0.1) is 0 Å². The largest absolute Gasteiger partial charge is 0.300 e. The Morgan fingerprint density at radius 3 is 1.25 bits per heavy atom. The van der Waals surface area contributed by atoms with Gasteiger partial charge in [0.1, 0.15) is 5.78 Å². The fourth-order valence-electron chi connectivity index (χ4n) is 8.28. The quantitative estimate of drug-likeness (QED) is 0.139. The van der Waals surface area contributed by atoms with E-state index in [1.165, 1.54) is 114 Å². The maximum Gasteiger partial charge on any atom is 0.132 e. The molecule has 44 heavy (non-hydrogen) atoms. The van der Waals surface area contributed by atoms with Crippen molar-refractivity contribution in [3.63, 3.8) is 0 Å². The Balaban J connectivity index is 1.02. The lowest BCUT2D eigenvalue weighted by Gasteiger charge is -2.29. The van der Waals surface area contributed by atoms with E-state index in [0.717, 1.165) is 75.0 Å². The predicted octanol–water partition coefficient (Wildman–Crippen LogP) is 13.1. The first-order valence-electron chi connectivity index (χ1n) is 19.3. The third-order valence-corrected chi connectivity index (χ3v) is 11.4. The van der Waals surface area contributed by atoms with E-state index in [1.54, 1.807) is 11.1 Å². The lowest BCUT2D eigenvalue weighted by atomic mass is 9.77. The Labute approximate surface area is 272 Å². The van der Waals surface area contributed by atoms with Crippen LogP contribution in [0.5, 0.6) is 0 Å². The summed E-state index contributed by atoms with van der Waals surface area (Å²) < 4.78 is 0. The van der Waals surface area contributed by atoms with Gasteiger partial charge >= 0.3 is 0 Å². The van der Waals surface area contributed by atoms with Crippen LogP contribution in [0.1, 0.15) is 189 Å². The average molecular weight is 599 g/mol. The van der Waals surface area contributed by atoms with E-state index in [9.17, 15) is 4.79 Å². The summed E-state index contributed by atoms with van der Waals surface area (Å²) in [6.45, 7) is 4.61. The molecule has 2 aliphatic carbocycles. The molecule has 244 valence electrons. The number of rotatable bonds is 20. The van der Waals surface area contributed by atoms with Crippen molar-refractivity contribution in [2.75, 3.05) is 0 Å². The molecular weight excluding hydrogens is 532 g/mol. The molecule has 2 fully saturated rings. The van der Waals surface area contributed by atoms with Crippen molar-refractivity contribution < 1.29 is 4.79 Å². The molecule has 0 atom stereocenters. The molecule has 0 amide bonds. The van der Waals surface area contributed by atoms with Gasteiger partial charge in [0.15, 0.2) is 0 Å². The van der Waals surface area contributed by atoms with Crippen LogP contribution in [-0.4, -0.2) is 5.78 Å². The summed E-state index contributed by atoms with van der Waals surface area (Å²) in [6, 6.07) is 19.0. The molecule has 2 saturated carbocycles. The van der Waals surface area contributed by atoms with Gasteiger partial charge < -0.3 is 0 Å². The Hall–Kier alpha value is -1.89. The van der Waals surface area contributed by atoms with Crippen molar-refractivity contribution in [2.24, 2.45) is 11.8 Å². The Morgan fingerprint density at radius 1 is 0.500 bits per heavy atom. The molecule has 0 aliphatic heterocycles. The zero-order valence-electron chi connectivity index (χ0n) is 28.8. The molecule has 1 nitrogen and oxygen atoms in total.